The Morgan fingerprint density at radius 2 is 0.511 bits per heavy atom. The molecule has 0 rings (SSSR count). The van der Waals surface area contributed by atoms with E-state index in [9.17, 15) is 4.79 Å². The predicted octanol–water partition coefficient (Wildman–Crippen LogP) is 16.9. The molecule has 47 heavy (non-hydrogen) atoms. The maximum Gasteiger partial charge on any atom is 0.303 e. The van der Waals surface area contributed by atoms with E-state index in [0.717, 1.165) is 12.8 Å². The minimum absolute atomic E-state index is 0.336. The van der Waals surface area contributed by atoms with Crippen LogP contribution in [0.15, 0.2) is 12.2 Å². The van der Waals surface area contributed by atoms with Gasteiger partial charge in [-0.1, -0.05) is 245 Å². The fraction of sp³-hybridized carbons (Fsp3) is 0.933. The molecule has 0 aliphatic heterocycles. The molecule has 0 bridgehead atoms. The first kappa shape index (κ1) is 48.3. The third kappa shape index (κ3) is 52.2. The number of rotatable bonds is 39. The van der Waals surface area contributed by atoms with E-state index in [-0.39, 0.29) is 0 Å². The molecule has 1 N–H and O–H groups in total. The molecule has 0 radical (unpaired) electrons. The molecule has 0 aliphatic rings. The molecule has 0 heterocycles. The van der Waals surface area contributed by atoms with Crippen LogP contribution in [-0.4, -0.2) is 11.1 Å². The van der Waals surface area contributed by atoms with Crippen molar-refractivity contribution in [1.82, 2.24) is 0 Å². The van der Waals surface area contributed by atoms with Crippen molar-refractivity contribution in [3.05, 3.63) is 12.2 Å². The number of unbranched alkanes of at least 4 members (excludes halogenated alkanes) is 35. The Kier molecular flexibility index (Phi) is 48.7. The summed E-state index contributed by atoms with van der Waals surface area (Å²) in [4.78, 5) is 10.3. The topological polar surface area (TPSA) is 37.3 Å². The van der Waals surface area contributed by atoms with Crippen molar-refractivity contribution in [3.63, 3.8) is 0 Å². The molecule has 0 atom stereocenters. The molecular weight excluding hydrogens is 572 g/mol. The van der Waals surface area contributed by atoms with Gasteiger partial charge in [-0.3, -0.25) is 4.79 Å². The minimum Gasteiger partial charge on any atom is -0.481 e. The van der Waals surface area contributed by atoms with Gasteiger partial charge in [0, 0.05) is 6.42 Å². The normalized spacial score (nSPS) is 11.3. The van der Waals surface area contributed by atoms with Crippen LogP contribution in [0.5, 0.6) is 0 Å². The van der Waals surface area contributed by atoms with Crippen LogP contribution in [-0.2, 0) is 4.79 Å². The highest BCUT2D eigenvalue weighted by atomic mass is 16.4. The summed E-state index contributed by atoms with van der Waals surface area (Å²) in [5.41, 5.74) is 0. The van der Waals surface area contributed by atoms with Crippen LogP contribution in [0.3, 0.4) is 0 Å². The van der Waals surface area contributed by atoms with Gasteiger partial charge in [0.15, 0.2) is 0 Å². The zero-order valence-corrected chi connectivity index (χ0v) is 33.1. The lowest BCUT2D eigenvalue weighted by Crippen LogP contribution is -1.93. The number of allylic oxidation sites excluding steroid dienone is 2. The molecule has 2 nitrogen and oxygen atoms in total. The van der Waals surface area contributed by atoms with Crippen LogP contribution in [0, 0.1) is 0 Å². The van der Waals surface area contributed by atoms with E-state index < -0.39 is 5.97 Å². The SMILES string of the molecule is CCCCCC/C=C/CCCCCCCCCC(=O)O.CCCCCCCCCCCCCCCCCCCCCCCCCCC. The average Bonchev–Trinajstić information content (AvgIpc) is 3.07. The van der Waals surface area contributed by atoms with Gasteiger partial charge in [0.2, 0.25) is 0 Å². The van der Waals surface area contributed by atoms with Gasteiger partial charge in [0.1, 0.15) is 0 Å². The summed E-state index contributed by atoms with van der Waals surface area (Å²) in [7, 11) is 0. The summed E-state index contributed by atoms with van der Waals surface area (Å²) in [5, 5.41) is 8.51. The zero-order valence-electron chi connectivity index (χ0n) is 33.1. The number of carboxylic acid groups (broad SMARTS) is 1. The monoisotopic (exact) mass is 663 g/mol. The van der Waals surface area contributed by atoms with Crippen LogP contribution in [0.25, 0.3) is 0 Å². The van der Waals surface area contributed by atoms with E-state index in [1.165, 1.54) is 231 Å². The van der Waals surface area contributed by atoms with Gasteiger partial charge in [-0.2, -0.15) is 0 Å². The van der Waals surface area contributed by atoms with E-state index in [4.69, 9.17) is 5.11 Å². The summed E-state index contributed by atoms with van der Waals surface area (Å²) in [6, 6.07) is 0. The van der Waals surface area contributed by atoms with Gasteiger partial charge in [-0.25, -0.2) is 0 Å². The molecule has 0 unspecified atom stereocenters. The molecular formula is C45H90O2. The first-order valence-electron chi connectivity index (χ1n) is 22.1. The van der Waals surface area contributed by atoms with Crippen LogP contribution in [0.1, 0.15) is 271 Å². The molecule has 0 aliphatic carbocycles. The molecule has 2 heteroatoms. The second-order valence-corrected chi connectivity index (χ2v) is 14.9. The van der Waals surface area contributed by atoms with Gasteiger partial charge in [-0.05, 0) is 32.1 Å². The maximum atomic E-state index is 10.3. The standard InChI is InChI=1S/C27H56.C18H34O2/c1-3-5-7-9-11-13-15-17-19-21-23-25-27-26-24-22-20-18-16-14-12-10-8-6-4-2;1-2-3-4-5-6-7-8-9-10-11-12-13-14-15-16-17-18(19)20/h3-27H2,1-2H3;7-8H,2-6,9-17H2,1H3,(H,19,20)/b;8-7+. The van der Waals surface area contributed by atoms with Crippen molar-refractivity contribution in [2.24, 2.45) is 0 Å². The number of carboxylic acids is 1. The maximum absolute atomic E-state index is 10.3. The second-order valence-electron chi connectivity index (χ2n) is 14.9. The van der Waals surface area contributed by atoms with Crippen molar-refractivity contribution < 1.29 is 9.90 Å². The lowest BCUT2D eigenvalue weighted by Gasteiger charge is -2.04. The molecule has 282 valence electrons. The molecule has 0 spiro atoms. The van der Waals surface area contributed by atoms with Gasteiger partial charge < -0.3 is 5.11 Å². The zero-order chi connectivity index (χ0) is 34.6. The van der Waals surface area contributed by atoms with Crippen LogP contribution >= 0.6 is 0 Å². The third-order valence-electron chi connectivity index (χ3n) is 9.86. The molecule has 0 fully saturated rings. The first-order valence-corrected chi connectivity index (χ1v) is 22.1. The van der Waals surface area contributed by atoms with E-state index in [1.807, 2.05) is 0 Å². The predicted molar refractivity (Wildman–Crippen MR) is 214 cm³/mol. The Labute approximate surface area is 298 Å². The molecule has 0 aromatic carbocycles. The summed E-state index contributed by atoms with van der Waals surface area (Å²) in [6.07, 6.45) is 58.1. The minimum atomic E-state index is -0.661. The fourth-order valence-electron chi connectivity index (χ4n) is 6.56. The van der Waals surface area contributed by atoms with Gasteiger partial charge in [0.25, 0.3) is 0 Å². The Bertz CT molecular complexity index is 544. The number of carbonyl (C=O) groups is 1. The molecule has 0 amide bonds. The Balaban J connectivity index is 0. The van der Waals surface area contributed by atoms with E-state index in [1.54, 1.807) is 0 Å². The second kappa shape index (κ2) is 47.3. The summed E-state index contributed by atoms with van der Waals surface area (Å²) in [6.45, 7) is 6.86. The fourth-order valence-corrected chi connectivity index (χ4v) is 6.56. The highest BCUT2D eigenvalue weighted by Crippen LogP contribution is 2.16. The Hall–Kier alpha value is -0.790. The number of hydrogen-bond acceptors (Lipinski definition) is 1. The molecule has 0 aromatic heterocycles. The van der Waals surface area contributed by atoms with Gasteiger partial charge >= 0.3 is 5.97 Å². The van der Waals surface area contributed by atoms with Gasteiger partial charge in [0.05, 0.1) is 0 Å². The van der Waals surface area contributed by atoms with Crippen molar-refractivity contribution >= 4 is 5.97 Å². The Morgan fingerprint density at radius 1 is 0.319 bits per heavy atom. The van der Waals surface area contributed by atoms with E-state index >= 15 is 0 Å². The molecule has 0 aromatic rings. The average molecular weight is 663 g/mol. The van der Waals surface area contributed by atoms with Gasteiger partial charge in [-0.15, -0.1) is 0 Å². The van der Waals surface area contributed by atoms with Crippen molar-refractivity contribution in [2.45, 2.75) is 271 Å². The summed E-state index contributed by atoms with van der Waals surface area (Å²) < 4.78 is 0. The van der Waals surface area contributed by atoms with Crippen molar-refractivity contribution in [2.75, 3.05) is 0 Å². The van der Waals surface area contributed by atoms with Crippen LogP contribution in [0.2, 0.25) is 0 Å². The first-order chi connectivity index (χ1) is 23.2. The van der Waals surface area contributed by atoms with Crippen LogP contribution < -0.4 is 0 Å². The van der Waals surface area contributed by atoms with Crippen molar-refractivity contribution in [3.8, 4) is 0 Å². The van der Waals surface area contributed by atoms with Crippen LogP contribution in [0.4, 0.5) is 0 Å². The summed E-state index contributed by atoms with van der Waals surface area (Å²) >= 11 is 0. The number of aliphatic carboxylic acids is 1. The lowest BCUT2D eigenvalue weighted by atomic mass is 10.0. The number of hydrogen-bond donors (Lipinski definition) is 1. The molecule has 0 saturated carbocycles. The quantitative estimate of drug-likeness (QED) is 0.0525. The largest absolute Gasteiger partial charge is 0.481 e. The van der Waals surface area contributed by atoms with E-state index in [0.29, 0.717) is 6.42 Å². The highest BCUT2D eigenvalue weighted by Gasteiger charge is 1.97. The van der Waals surface area contributed by atoms with E-state index in [2.05, 4.69) is 32.9 Å². The highest BCUT2D eigenvalue weighted by molar-refractivity contribution is 5.66. The molecule has 0 saturated heterocycles. The van der Waals surface area contributed by atoms with Crippen molar-refractivity contribution in [1.29, 1.82) is 0 Å². The smallest absolute Gasteiger partial charge is 0.303 e. The Morgan fingerprint density at radius 3 is 0.745 bits per heavy atom. The lowest BCUT2D eigenvalue weighted by molar-refractivity contribution is -0.137. The third-order valence-corrected chi connectivity index (χ3v) is 9.86. The summed E-state index contributed by atoms with van der Waals surface area (Å²) in [5.74, 6) is -0.661.